The first kappa shape index (κ1) is 12.5. The van der Waals surface area contributed by atoms with Crippen molar-refractivity contribution in [1.82, 2.24) is 10.3 Å². The monoisotopic (exact) mass is 249 g/mol. The van der Waals surface area contributed by atoms with E-state index in [1.165, 1.54) is 18.5 Å². The summed E-state index contributed by atoms with van der Waals surface area (Å²) in [7, 11) is 0. The molecule has 1 aromatic rings. The Morgan fingerprint density at radius 3 is 2.89 bits per heavy atom. The van der Waals surface area contributed by atoms with Gasteiger partial charge in [-0.05, 0) is 26.0 Å². The molecule has 0 saturated carbocycles. The Morgan fingerprint density at radius 1 is 1.50 bits per heavy atom. The number of nitrogens with one attached hydrogen (secondary N) is 2. The summed E-state index contributed by atoms with van der Waals surface area (Å²) >= 11 is 0. The highest BCUT2D eigenvalue weighted by molar-refractivity contribution is 5.96. The molecule has 6 heteroatoms. The minimum Gasteiger partial charge on any atom is -0.478 e. The highest BCUT2D eigenvalue weighted by Gasteiger charge is 2.36. The summed E-state index contributed by atoms with van der Waals surface area (Å²) in [6.07, 6.45) is 3.46. The molecule has 1 aliphatic rings. The van der Waals surface area contributed by atoms with Crippen LogP contribution in [0.15, 0.2) is 18.5 Å². The van der Waals surface area contributed by atoms with Crippen LogP contribution in [0.3, 0.4) is 0 Å². The maximum absolute atomic E-state index is 12.1. The molecule has 1 atom stereocenters. The topological polar surface area (TPSA) is 91.3 Å². The van der Waals surface area contributed by atoms with E-state index < -0.39 is 11.4 Å². The van der Waals surface area contributed by atoms with Crippen LogP contribution in [-0.2, 0) is 4.79 Å². The third-order valence-corrected chi connectivity index (χ3v) is 3.16. The summed E-state index contributed by atoms with van der Waals surface area (Å²) in [5.41, 5.74) is 0.0229. The molecule has 0 radical (unpaired) electrons. The van der Waals surface area contributed by atoms with Gasteiger partial charge in [0.25, 0.3) is 0 Å². The van der Waals surface area contributed by atoms with Gasteiger partial charge in [0.15, 0.2) is 0 Å². The summed E-state index contributed by atoms with van der Waals surface area (Å²) in [6, 6.07) is 1.40. The Bertz CT molecular complexity index is 481. The third-order valence-electron chi connectivity index (χ3n) is 3.16. The average molecular weight is 249 g/mol. The second kappa shape index (κ2) is 4.73. The van der Waals surface area contributed by atoms with E-state index in [1.807, 2.05) is 6.92 Å². The first-order chi connectivity index (χ1) is 8.51. The first-order valence-corrected chi connectivity index (χ1v) is 5.72. The van der Waals surface area contributed by atoms with Gasteiger partial charge >= 0.3 is 5.97 Å². The molecule has 6 nitrogen and oxygen atoms in total. The van der Waals surface area contributed by atoms with E-state index in [0.29, 0.717) is 12.2 Å². The van der Waals surface area contributed by atoms with Crippen molar-refractivity contribution in [2.45, 2.75) is 13.3 Å². The maximum atomic E-state index is 12.1. The fourth-order valence-corrected chi connectivity index (χ4v) is 1.92. The summed E-state index contributed by atoms with van der Waals surface area (Å²) in [6.45, 7) is 3.33. The molecule has 1 amide bonds. The van der Waals surface area contributed by atoms with Gasteiger partial charge in [-0.15, -0.1) is 0 Å². The van der Waals surface area contributed by atoms with Gasteiger partial charge in [0.1, 0.15) is 0 Å². The summed E-state index contributed by atoms with van der Waals surface area (Å²) in [5.74, 6) is -1.18. The molecule has 1 unspecified atom stereocenters. The molecule has 96 valence electrons. The van der Waals surface area contributed by atoms with E-state index in [4.69, 9.17) is 5.11 Å². The highest BCUT2D eigenvalue weighted by atomic mass is 16.4. The number of rotatable bonds is 3. The molecule has 0 bridgehead atoms. The number of aromatic carboxylic acids is 1. The summed E-state index contributed by atoms with van der Waals surface area (Å²) in [5, 5.41) is 14.7. The van der Waals surface area contributed by atoms with Crippen LogP contribution in [0.4, 0.5) is 5.69 Å². The second-order valence-electron chi connectivity index (χ2n) is 4.71. The van der Waals surface area contributed by atoms with Gasteiger partial charge in [0, 0.05) is 12.7 Å². The van der Waals surface area contributed by atoms with Crippen LogP contribution in [0.2, 0.25) is 0 Å². The van der Waals surface area contributed by atoms with Crippen LogP contribution in [0.25, 0.3) is 0 Å². The minimum atomic E-state index is -1.06. The zero-order chi connectivity index (χ0) is 13.2. The van der Waals surface area contributed by atoms with Crippen molar-refractivity contribution in [3.8, 4) is 0 Å². The van der Waals surface area contributed by atoms with Crippen LogP contribution in [0.5, 0.6) is 0 Å². The molecule has 2 heterocycles. The van der Waals surface area contributed by atoms with Gasteiger partial charge in [-0.2, -0.15) is 0 Å². The molecule has 1 saturated heterocycles. The lowest BCUT2D eigenvalue weighted by atomic mass is 9.89. The number of hydrogen-bond acceptors (Lipinski definition) is 4. The number of carboxylic acids is 1. The Balaban J connectivity index is 2.11. The highest BCUT2D eigenvalue weighted by Crippen LogP contribution is 2.26. The van der Waals surface area contributed by atoms with E-state index >= 15 is 0 Å². The Labute approximate surface area is 104 Å². The van der Waals surface area contributed by atoms with Crippen molar-refractivity contribution < 1.29 is 14.7 Å². The second-order valence-corrected chi connectivity index (χ2v) is 4.71. The lowest BCUT2D eigenvalue weighted by Gasteiger charge is -2.21. The number of carbonyl (C=O) groups is 2. The fourth-order valence-electron chi connectivity index (χ4n) is 1.92. The first-order valence-electron chi connectivity index (χ1n) is 5.72. The number of carboxylic acid groups (broad SMARTS) is 1. The van der Waals surface area contributed by atoms with Crippen molar-refractivity contribution in [1.29, 1.82) is 0 Å². The zero-order valence-electron chi connectivity index (χ0n) is 10.1. The van der Waals surface area contributed by atoms with Gasteiger partial charge in [-0.25, -0.2) is 4.79 Å². The molecule has 1 aromatic heterocycles. The van der Waals surface area contributed by atoms with Crippen molar-refractivity contribution in [2.24, 2.45) is 5.41 Å². The lowest BCUT2D eigenvalue weighted by molar-refractivity contribution is -0.123. The molecule has 3 N–H and O–H groups in total. The predicted octanol–water partition coefficient (Wildman–Crippen LogP) is 0.718. The Kier molecular flexibility index (Phi) is 3.29. The third kappa shape index (κ3) is 2.48. The van der Waals surface area contributed by atoms with Crippen molar-refractivity contribution in [3.63, 3.8) is 0 Å². The quantitative estimate of drug-likeness (QED) is 0.734. The summed E-state index contributed by atoms with van der Waals surface area (Å²) in [4.78, 5) is 26.7. The van der Waals surface area contributed by atoms with Gasteiger partial charge in [-0.1, -0.05) is 0 Å². The summed E-state index contributed by atoms with van der Waals surface area (Å²) < 4.78 is 0. The van der Waals surface area contributed by atoms with E-state index in [2.05, 4.69) is 15.6 Å². The normalized spacial score (nSPS) is 22.7. The van der Waals surface area contributed by atoms with Crippen molar-refractivity contribution >= 4 is 17.6 Å². The molecule has 0 spiro atoms. The molecule has 1 fully saturated rings. The van der Waals surface area contributed by atoms with Gasteiger partial charge in [-0.3, -0.25) is 9.78 Å². The molecular weight excluding hydrogens is 234 g/mol. The van der Waals surface area contributed by atoms with Crippen LogP contribution in [0, 0.1) is 5.41 Å². The van der Waals surface area contributed by atoms with Gasteiger partial charge in [0.2, 0.25) is 5.91 Å². The number of pyridine rings is 1. The Morgan fingerprint density at radius 2 is 2.28 bits per heavy atom. The number of aromatic nitrogens is 1. The number of hydrogen-bond donors (Lipinski definition) is 3. The number of nitrogens with zero attached hydrogens (tertiary/aromatic N) is 1. The average Bonchev–Trinajstić information content (AvgIpc) is 2.78. The largest absolute Gasteiger partial charge is 0.478 e. The number of anilines is 1. The molecule has 0 aromatic carbocycles. The van der Waals surface area contributed by atoms with Crippen LogP contribution in [0.1, 0.15) is 23.7 Å². The molecule has 18 heavy (non-hydrogen) atoms. The standard InChI is InChI=1S/C12H15N3O3/c1-12(2-3-13-7-12)11(18)15-9-4-8(10(16)17)5-14-6-9/h4-6,13H,2-3,7H2,1H3,(H,15,18)(H,16,17). The smallest absolute Gasteiger partial charge is 0.337 e. The van der Waals surface area contributed by atoms with Crippen LogP contribution < -0.4 is 10.6 Å². The SMILES string of the molecule is CC1(C(=O)Nc2cncc(C(=O)O)c2)CCNC1. The maximum Gasteiger partial charge on any atom is 0.337 e. The van der Waals surface area contributed by atoms with E-state index in [0.717, 1.165) is 13.0 Å². The van der Waals surface area contributed by atoms with Crippen molar-refractivity contribution in [3.05, 3.63) is 24.0 Å². The number of carbonyl (C=O) groups excluding carboxylic acids is 1. The minimum absolute atomic E-state index is 0.0579. The van der Waals surface area contributed by atoms with Crippen LogP contribution >= 0.6 is 0 Å². The molecular formula is C12H15N3O3. The number of amides is 1. The van der Waals surface area contributed by atoms with Gasteiger partial charge in [0.05, 0.1) is 22.9 Å². The van der Waals surface area contributed by atoms with Crippen molar-refractivity contribution in [2.75, 3.05) is 18.4 Å². The predicted molar refractivity (Wildman–Crippen MR) is 65.4 cm³/mol. The zero-order valence-corrected chi connectivity index (χ0v) is 10.1. The molecule has 1 aliphatic heterocycles. The van der Waals surface area contributed by atoms with Crippen LogP contribution in [-0.4, -0.2) is 35.1 Å². The van der Waals surface area contributed by atoms with Gasteiger partial charge < -0.3 is 15.7 Å². The lowest BCUT2D eigenvalue weighted by Crippen LogP contribution is -2.35. The van der Waals surface area contributed by atoms with E-state index in [9.17, 15) is 9.59 Å². The van der Waals surface area contributed by atoms with E-state index in [1.54, 1.807) is 0 Å². The van der Waals surface area contributed by atoms with E-state index in [-0.39, 0.29) is 11.5 Å². The molecule has 0 aliphatic carbocycles. The fraction of sp³-hybridized carbons (Fsp3) is 0.417. The Hall–Kier alpha value is -1.95. The molecule has 2 rings (SSSR count).